The zero-order chi connectivity index (χ0) is 18.1. The van der Waals surface area contributed by atoms with Gasteiger partial charge in [0.2, 0.25) is 0 Å². The van der Waals surface area contributed by atoms with Gasteiger partial charge in [-0.05, 0) is 30.5 Å². The molecule has 0 atom stereocenters. The van der Waals surface area contributed by atoms with Crippen molar-refractivity contribution < 1.29 is 0 Å². The largest absolute Gasteiger partial charge is 0.294 e. The first-order chi connectivity index (χ1) is 13.4. The molecule has 1 saturated carbocycles. The molecular formula is C23H26N4. The van der Waals surface area contributed by atoms with Crippen LogP contribution >= 0.6 is 0 Å². The monoisotopic (exact) mass is 358 g/mol. The van der Waals surface area contributed by atoms with E-state index in [4.69, 9.17) is 9.97 Å². The van der Waals surface area contributed by atoms with Gasteiger partial charge in [0.15, 0.2) is 0 Å². The molecule has 0 amide bonds. The maximum absolute atomic E-state index is 4.98. The summed E-state index contributed by atoms with van der Waals surface area (Å²) in [5.74, 6) is 1.69. The van der Waals surface area contributed by atoms with Crippen LogP contribution in [0.4, 0.5) is 0 Å². The van der Waals surface area contributed by atoms with Crippen LogP contribution < -0.4 is 0 Å². The van der Waals surface area contributed by atoms with Crippen LogP contribution in [0.2, 0.25) is 0 Å². The third-order valence-electron chi connectivity index (χ3n) is 6.14. The molecule has 4 nitrogen and oxygen atoms in total. The molecule has 3 aromatic rings. The third kappa shape index (κ3) is 3.46. The van der Waals surface area contributed by atoms with Crippen molar-refractivity contribution >= 4 is 10.9 Å². The summed E-state index contributed by atoms with van der Waals surface area (Å²) in [5.41, 5.74) is 5.01. The summed E-state index contributed by atoms with van der Waals surface area (Å²) in [5, 5.41) is 1.26. The van der Waals surface area contributed by atoms with Gasteiger partial charge >= 0.3 is 0 Å². The predicted octanol–water partition coefficient (Wildman–Crippen LogP) is 4.63. The molecule has 0 saturated heterocycles. The average molecular weight is 358 g/mol. The van der Waals surface area contributed by atoms with Gasteiger partial charge in [-0.2, -0.15) is 0 Å². The van der Waals surface area contributed by atoms with E-state index in [0.29, 0.717) is 5.92 Å². The summed E-state index contributed by atoms with van der Waals surface area (Å²) in [6.07, 6.45) is 11.6. The Balaban J connectivity index is 1.33. The molecule has 2 aromatic heterocycles. The molecule has 1 aliphatic heterocycles. The first kappa shape index (κ1) is 16.8. The van der Waals surface area contributed by atoms with Gasteiger partial charge in [-0.3, -0.25) is 9.88 Å². The van der Waals surface area contributed by atoms with Crippen molar-refractivity contribution in [2.45, 2.75) is 57.5 Å². The lowest BCUT2D eigenvalue weighted by atomic mass is 9.88. The van der Waals surface area contributed by atoms with Crippen LogP contribution in [0.1, 0.15) is 60.7 Å². The zero-order valence-corrected chi connectivity index (χ0v) is 15.8. The standard InChI is InChI=1S/C23H26N4/c1-2-6-17(7-3-1)23-25-14-19-16-27(13-11-21(19)26-23)15-18-10-12-24-22-9-5-4-8-20(18)22/h4-5,8-10,12,14,17H,1-3,6-7,11,13,15-16H2. The topological polar surface area (TPSA) is 41.9 Å². The summed E-state index contributed by atoms with van der Waals surface area (Å²) in [7, 11) is 0. The van der Waals surface area contributed by atoms with Crippen LogP contribution in [-0.4, -0.2) is 26.4 Å². The van der Waals surface area contributed by atoms with Gasteiger partial charge < -0.3 is 0 Å². The van der Waals surface area contributed by atoms with Gasteiger partial charge in [-0.1, -0.05) is 37.5 Å². The van der Waals surface area contributed by atoms with Crippen molar-refractivity contribution in [3.05, 3.63) is 65.4 Å². The first-order valence-electron chi connectivity index (χ1n) is 10.3. The zero-order valence-electron chi connectivity index (χ0n) is 15.8. The van der Waals surface area contributed by atoms with Gasteiger partial charge in [0.05, 0.1) is 5.52 Å². The molecule has 3 heterocycles. The second-order valence-electron chi connectivity index (χ2n) is 7.98. The van der Waals surface area contributed by atoms with Crippen LogP contribution in [0.5, 0.6) is 0 Å². The van der Waals surface area contributed by atoms with E-state index in [1.807, 2.05) is 6.20 Å². The molecule has 0 unspecified atom stereocenters. The van der Waals surface area contributed by atoms with Gasteiger partial charge in [0, 0.05) is 61.0 Å². The summed E-state index contributed by atoms with van der Waals surface area (Å²) in [6.45, 7) is 2.95. The SMILES string of the molecule is c1ccc2c(CN3CCc4nc(C5CCCCC5)ncc4C3)ccnc2c1. The van der Waals surface area contributed by atoms with E-state index in [-0.39, 0.29) is 0 Å². The molecule has 1 aromatic carbocycles. The number of benzene rings is 1. The Morgan fingerprint density at radius 2 is 1.89 bits per heavy atom. The number of hydrogen-bond donors (Lipinski definition) is 0. The predicted molar refractivity (Wildman–Crippen MR) is 107 cm³/mol. The van der Waals surface area contributed by atoms with Crippen molar-refractivity contribution in [3.63, 3.8) is 0 Å². The Morgan fingerprint density at radius 3 is 2.81 bits per heavy atom. The molecule has 2 aliphatic rings. The number of pyridine rings is 1. The van der Waals surface area contributed by atoms with Crippen molar-refractivity contribution in [3.8, 4) is 0 Å². The van der Waals surface area contributed by atoms with Crippen LogP contribution in [0.15, 0.2) is 42.7 Å². The molecule has 1 fully saturated rings. The van der Waals surface area contributed by atoms with Gasteiger partial charge in [0.1, 0.15) is 5.82 Å². The Morgan fingerprint density at radius 1 is 1.00 bits per heavy atom. The van der Waals surface area contributed by atoms with Crippen LogP contribution in [0.25, 0.3) is 10.9 Å². The fourth-order valence-corrected chi connectivity index (χ4v) is 4.62. The highest BCUT2D eigenvalue weighted by atomic mass is 15.1. The fourth-order valence-electron chi connectivity index (χ4n) is 4.62. The highest BCUT2D eigenvalue weighted by molar-refractivity contribution is 5.81. The smallest absolute Gasteiger partial charge is 0.131 e. The van der Waals surface area contributed by atoms with E-state index in [0.717, 1.165) is 37.4 Å². The second kappa shape index (κ2) is 7.35. The number of nitrogens with zero attached hydrogens (tertiary/aromatic N) is 4. The molecular weight excluding hydrogens is 332 g/mol. The lowest BCUT2D eigenvalue weighted by Crippen LogP contribution is -2.31. The minimum absolute atomic E-state index is 0.588. The van der Waals surface area contributed by atoms with E-state index in [9.17, 15) is 0 Å². The fraction of sp³-hybridized carbons (Fsp3) is 0.435. The van der Waals surface area contributed by atoms with Gasteiger partial charge in [-0.25, -0.2) is 9.97 Å². The quantitative estimate of drug-likeness (QED) is 0.684. The summed E-state index contributed by atoms with van der Waals surface area (Å²) >= 11 is 0. The minimum atomic E-state index is 0.588. The number of para-hydroxylation sites is 1. The van der Waals surface area contributed by atoms with Crippen LogP contribution in [0.3, 0.4) is 0 Å². The maximum atomic E-state index is 4.98. The summed E-state index contributed by atoms with van der Waals surface area (Å²) in [4.78, 5) is 16.7. The highest BCUT2D eigenvalue weighted by Gasteiger charge is 2.23. The van der Waals surface area contributed by atoms with Crippen molar-refractivity contribution in [2.24, 2.45) is 0 Å². The first-order valence-corrected chi connectivity index (χ1v) is 10.3. The average Bonchev–Trinajstić information content (AvgIpc) is 2.74. The Kier molecular flexibility index (Phi) is 4.58. The highest BCUT2D eigenvalue weighted by Crippen LogP contribution is 2.31. The van der Waals surface area contributed by atoms with Crippen molar-refractivity contribution in [2.75, 3.05) is 6.54 Å². The van der Waals surface area contributed by atoms with Gasteiger partial charge in [0.25, 0.3) is 0 Å². The van der Waals surface area contributed by atoms with Crippen molar-refractivity contribution in [1.82, 2.24) is 19.9 Å². The molecule has 27 heavy (non-hydrogen) atoms. The minimum Gasteiger partial charge on any atom is -0.294 e. The molecule has 0 spiro atoms. The van der Waals surface area contributed by atoms with Gasteiger partial charge in [-0.15, -0.1) is 0 Å². The summed E-state index contributed by atoms with van der Waals surface area (Å²) in [6, 6.07) is 10.6. The molecule has 0 N–H and O–H groups in total. The third-order valence-corrected chi connectivity index (χ3v) is 6.14. The Labute approximate surface area is 160 Å². The number of fused-ring (bicyclic) bond motifs is 2. The Bertz CT molecular complexity index is 941. The summed E-state index contributed by atoms with van der Waals surface area (Å²) < 4.78 is 0. The van der Waals surface area contributed by atoms with Crippen molar-refractivity contribution in [1.29, 1.82) is 0 Å². The maximum Gasteiger partial charge on any atom is 0.131 e. The molecule has 4 heteroatoms. The van der Waals surface area contributed by atoms with Crippen LogP contribution in [0, 0.1) is 0 Å². The lowest BCUT2D eigenvalue weighted by Gasteiger charge is -2.29. The molecule has 0 bridgehead atoms. The van der Waals surface area contributed by atoms with E-state index < -0.39 is 0 Å². The number of rotatable bonds is 3. The normalized spacial score (nSPS) is 18.5. The van der Waals surface area contributed by atoms with Crippen LogP contribution in [-0.2, 0) is 19.5 Å². The van der Waals surface area contributed by atoms with E-state index in [1.54, 1.807) is 0 Å². The lowest BCUT2D eigenvalue weighted by molar-refractivity contribution is 0.243. The molecule has 5 rings (SSSR count). The second-order valence-corrected chi connectivity index (χ2v) is 7.98. The molecule has 138 valence electrons. The van der Waals surface area contributed by atoms with E-state index in [1.165, 1.54) is 54.3 Å². The molecule has 0 radical (unpaired) electrons. The Hall–Kier alpha value is -2.33. The van der Waals surface area contributed by atoms with E-state index in [2.05, 4.69) is 46.4 Å². The molecule has 1 aliphatic carbocycles. The number of aromatic nitrogens is 3. The van der Waals surface area contributed by atoms with E-state index >= 15 is 0 Å². The number of hydrogen-bond acceptors (Lipinski definition) is 4.